The fourth-order valence-electron chi connectivity index (χ4n) is 1.85. The molecule has 1 aromatic rings. The summed E-state index contributed by atoms with van der Waals surface area (Å²) in [6.45, 7) is 1.43. The molecule has 1 aliphatic rings. The zero-order chi connectivity index (χ0) is 12.1. The minimum absolute atomic E-state index is 0.0250. The molecule has 0 atom stereocenters. The number of nitrogens with one attached hydrogen (secondary N) is 1. The average Bonchev–Trinajstić information content (AvgIpc) is 2.40. The maximum absolute atomic E-state index is 11.4. The van der Waals surface area contributed by atoms with E-state index in [1.807, 2.05) is 0 Å². The molecule has 1 N–H and O–H groups in total. The number of aromatic nitrogens is 2. The van der Waals surface area contributed by atoms with Gasteiger partial charge in [0.05, 0.1) is 6.20 Å². The summed E-state index contributed by atoms with van der Waals surface area (Å²) in [6, 6.07) is -0.0250. The van der Waals surface area contributed by atoms with Gasteiger partial charge < -0.3 is 15.0 Å². The maximum atomic E-state index is 11.4. The molecule has 2 amide bonds. The molecule has 0 unspecified atom stereocenters. The average molecular weight is 236 g/mol. The molecule has 1 fully saturated rings. The Kier molecular flexibility index (Phi) is 3.74. The first-order valence-corrected chi connectivity index (χ1v) is 5.69. The van der Waals surface area contributed by atoms with Crippen molar-refractivity contribution in [2.24, 2.45) is 0 Å². The molecule has 0 aliphatic carbocycles. The predicted molar refractivity (Wildman–Crippen MR) is 61.7 cm³/mol. The van der Waals surface area contributed by atoms with E-state index < -0.39 is 0 Å². The molecule has 92 valence electrons. The third-order valence-corrected chi connectivity index (χ3v) is 2.77. The first-order valence-electron chi connectivity index (χ1n) is 5.69. The van der Waals surface area contributed by atoms with Gasteiger partial charge in [0.15, 0.2) is 0 Å². The number of piperidine rings is 1. The second-order valence-electron chi connectivity index (χ2n) is 3.90. The largest absolute Gasteiger partial charge is 0.473 e. The molecule has 2 rings (SSSR count). The van der Waals surface area contributed by atoms with Crippen molar-refractivity contribution in [2.45, 2.75) is 18.9 Å². The van der Waals surface area contributed by atoms with Gasteiger partial charge in [0.1, 0.15) is 6.10 Å². The molecule has 2 heterocycles. The highest BCUT2D eigenvalue weighted by molar-refractivity contribution is 5.73. The minimum Gasteiger partial charge on any atom is -0.473 e. The first-order chi connectivity index (χ1) is 8.29. The highest BCUT2D eigenvalue weighted by atomic mass is 16.5. The van der Waals surface area contributed by atoms with E-state index in [9.17, 15) is 4.79 Å². The molecule has 6 nitrogen and oxygen atoms in total. The van der Waals surface area contributed by atoms with Crippen LogP contribution in [0.25, 0.3) is 0 Å². The number of carbonyl (C=O) groups is 1. The molecule has 6 heteroatoms. The first kappa shape index (κ1) is 11.6. The maximum Gasteiger partial charge on any atom is 0.317 e. The third-order valence-electron chi connectivity index (χ3n) is 2.77. The van der Waals surface area contributed by atoms with Gasteiger partial charge in [0.2, 0.25) is 5.88 Å². The molecule has 1 saturated heterocycles. The van der Waals surface area contributed by atoms with Gasteiger partial charge in [-0.1, -0.05) is 0 Å². The van der Waals surface area contributed by atoms with Crippen molar-refractivity contribution in [3.05, 3.63) is 18.6 Å². The fourth-order valence-corrected chi connectivity index (χ4v) is 1.85. The van der Waals surface area contributed by atoms with E-state index in [0.29, 0.717) is 19.0 Å². The molecule has 17 heavy (non-hydrogen) atoms. The second-order valence-corrected chi connectivity index (χ2v) is 3.90. The number of carbonyl (C=O) groups excluding carboxylic acids is 1. The number of amides is 2. The predicted octanol–water partition coefficient (Wildman–Crippen LogP) is 0.659. The van der Waals surface area contributed by atoms with Gasteiger partial charge in [-0.2, -0.15) is 0 Å². The van der Waals surface area contributed by atoms with Crippen molar-refractivity contribution >= 4 is 6.03 Å². The van der Waals surface area contributed by atoms with Crippen LogP contribution in [0.5, 0.6) is 5.88 Å². The van der Waals surface area contributed by atoms with E-state index in [1.54, 1.807) is 30.5 Å². The van der Waals surface area contributed by atoms with Crippen LogP contribution in [0.1, 0.15) is 12.8 Å². The van der Waals surface area contributed by atoms with Crippen molar-refractivity contribution in [3.8, 4) is 5.88 Å². The fraction of sp³-hybridized carbons (Fsp3) is 0.545. The number of hydrogen-bond donors (Lipinski definition) is 1. The zero-order valence-electron chi connectivity index (χ0n) is 9.80. The van der Waals surface area contributed by atoms with Gasteiger partial charge in [-0.3, -0.25) is 4.98 Å². The van der Waals surface area contributed by atoms with Gasteiger partial charge >= 0.3 is 6.03 Å². The highest BCUT2D eigenvalue weighted by Crippen LogP contribution is 2.16. The Morgan fingerprint density at radius 3 is 2.82 bits per heavy atom. The number of urea groups is 1. The van der Waals surface area contributed by atoms with Crippen LogP contribution in [0.15, 0.2) is 18.6 Å². The van der Waals surface area contributed by atoms with Crippen LogP contribution in [0.2, 0.25) is 0 Å². The molecular formula is C11H16N4O2. The molecule has 0 aromatic carbocycles. The Hall–Kier alpha value is -1.85. The van der Waals surface area contributed by atoms with E-state index in [0.717, 1.165) is 12.8 Å². The lowest BCUT2D eigenvalue weighted by molar-refractivity contribution is 0.108. The van der Waals surface area contributed by atoms with Crippen LogP contribution >= 0.6 is 0 Å². The van der Waals surface area contributed by atoms with E-state index in [1.165, 1.54) is 0 Å². The molecule has 0 spiro atoms. The Morgan fingerprint density at radius 1 is 1.47 bits per heavy atom. The lowest BCUT2D eigenvalue weighted by Crippen LogP contribution is -2.45. The minimum atomic E-state index is -0.0250. The molecule has 1 aliphatic heterocycles. The Labute approximate surface area is 100 Å². The number of nitrogens with zero attached hydrogens (tertiary/aromatic N) is 3. The van der Waals surface area contributed by atoms with Gasteiger partial charge in [0.25, 0.3) is 0 Å². The highest BCUT2D eigenvalue weighted by Gasteiger charge is 2.23. The molecular weight excluding hydrogens is 220 g/mol. The van der Waals surface area contributed by atoms with Crippen molar-refractivity contribution in [3.63, 3.8) is 0 Å². The summed E-state index contributed by atoms with van der Waals surface area (Å²) in [5.74, 6) is 0.547. The van der Waals surface area contributed by atoms with Crippen LogP contribution in [0, 0.1) is 0 Å². The number of ether oxygens (including phenoxy) is 1. The molecule has 0 bridgehead atoms. The summed E-state index contributed by atoms with van der Waals surface area (Å²) in [4.78, 5) is 21.2. The van der Waals surface area contributed by atoms with Crippen molar-refractivity contribution < 1.29 is 9.53 Å². The van der Waals surface area contributed by atoms with Crippen LogP contribution in [0.3, 0.4) is 0 Å². The van der Waals surface area contributed by atoms with Crippen LogP contribution in [0.4, 0.5) is 4.79 Å². The topological polar surface area (TPSA) is 67.4 Å². The summed E-state index contributed by atoms with van der Waals surface area (Å²) in [7, 11) is 1.64. The zero-order valence-corrected chi connectivity index (χ0v) is 9.80. The number of rotatable bonds is 2. The normalized spacial score (nSPS) is 16.6. The second kappa shape index (κ2) is 5.47. The van der Waals surface area contributed by atoms with E-state index >= 15 is 0 Å². The van der Waals surface area contributed by atoms with E-state index in [2.05, 4.69) is 15.3 Å². The van der Waals surface area contributed by atoms with Crippen LogP contribution < -0.4 is 10.1 Å². The quantitative estimate of drug-likeness (QED) is 0.819. The summed E-state index contributed by atoms with van der Waals surface area (Å²) in [5, 5.41) is 2.62. The van der Waals surface area contributed by atoms with Gasteiger partial charge in [-0.15, -0.1) is 0 Å². The molecule has 0 saturated carbocycles. The smallest absolute Gasteiger partial charge is 0.317 e. The molecule has 1 aromatic heterocycles. The lowest BCUT2D eigenvalue weighted by Gasteiger charge is -2.31. The summed E-state index contributed by atoms with van der Waals surface area (Å²) in [5.41, 5.74) is 0. The summed E-state index contributed by atoms with van der Waals surface area (Å²) < 4.78 is 5.69. The SMILES string of the molecule is CNC(=O)N1CCC(Oc2cnccn2)CC1. The molecule has 0 radical (unpaired) electrons. The Bertz CT molecular complexity index is 363. The van der Waals surface area contributed by atoms with E-state index in [-0.39, 0.29) is 12.1 Å². The van der Waals surface area contributed by atoms with Crippen molar-refractivity contribution in [1.29, 1.82) is 0 Å². The van der Waals surface area contributed by atoms with Gasteiger partial charge in [-0.05, 0) is 0 Å². The lowest BCUT2D eigenvalue weighted by atomic mass is 10.1. The standard InChI is InChI=1S/C11H16N4O2/c1-12-11(16)15-6-2-9(3-7-15)17-10-8-13-4-5-14-10/h4-5,8-9H,2-3,6-7H2,1H3,(H,12,16). The summed E-state index contributed by atoms with van der Waals surface area (Å²) >= 11 is 0. The van der Waals surface area contributed by atoms with Crippen LogP contribution in [-0.4, -0.2) is 47.1 Å². The van der Waals surface area contributed by atoms with Crippen molar-refractivity contribution in [2.75, 3.05) is 20.1 Å². The Balaban J connectivity index is 1.82. The summed E-state index contributed by atoms with van der Waals surface area (Å²) in [6.07, 6.45) is 6.59. The van der Waals surface area contributed by atoms with E-state index in [4.69, 9.17) is 4.74 Å². The monoisotopic (exact) mass is 236 g/mol. The number of likely N-dealkylation sites (tertiary alicyclic amines) is 1. The van der Waals surface area contributed by atoms with Crippen LogP contribution in [-0.2, 0) is 0 Å². The van der Waals surface area contributed by atoms with Gasteiger partial charge in [0, 0.05) is 45.4 Å². The van der Waals surface area contributed by atoms with Gasteiger partial charge in [-0.25, -0.2) is 9.78 Å². The third kappa shape index (κ3) is 3.05. The van der Waals surface area contributed by atoms with Crippen molar-refractivity contribution in [1.82, 2.24) is 20.2 Å². The number of hydrogen-bond acceptors (Lipinski definition) is 4. The Morgan fingerprint density at radius 2 is 2.24 bits per heavy atom.